The highest BCUT2D eigenvalue weighted by Crippen LogP contribution is 2.27. The van der Waals surface area contributed by atoms with Crippen LogP contribution in [-0.4, -0.2) is 7.11 Å². The molecule has 0 aliphatic heterocycles. The van der Waals surface area contributed by atoms with E-state index >= 15 is 0 Å². The first kappa shape index (κ1) is 14.0. The zero-order valence-electron chi connectivity index (χ0n) is 10.8. The van der Waals surface area contributed by atoms with Crippen molar-refractivity contribution in [3.63, 3.8) is 0 Å². The van der Waals surface area contributed by atoms with Crippen LogP contribution in [0.4, 0.5) is 5.69 Å². The molecule has 0 heterocycles. The number of aryl methyl sites for hydroxylation is 1. The highest BCUT2D eigenvalue weighted by atomic mass is 35.5. The minimum absolute atomic E-state index is 0.596. The summed E-state index contributed by atoms with van der Waals surface area (Å²) in [6.45, 7) is 2.62. The first-order valence-electron chi connectivity index (χ1n) is 5.92. The maximum absolute atomic E-state index is 6.13. The van der Waals surface area contributed by atoms with Crippen LogP contribution in [0.15, 0.2) is 36.4 Å². The average molecular weight is 296 g/mol. The zero-order chi connectivity index (χ0) is 13.8. The maximum Gasteiger partial charge on any atom is 0.142 e. The van der Waals surface area contributed by atoms with Crippen LogP contribution in [0, 0.1) is 6.92 Å². The van der Waals surface area contributed by atoms with Gasteiger partial charge in [0, 0.05) is 16.6 Å². The normalized spacial score (nSPS) is 10.3. The summed E-state index contributed by atoms with van der Waals surface area (Å²) in [6.07, 6.45) is 0. The first-order chi connectivity index (χ1) is 9.10. The van der Waals surface area contributed by atoms with Crippen molar-refractivity contribution in [2.45, 2.75) is 13.5 Å². The van der Waals surface area contributed by atoms with Gasteiger partial charge in [0.2, 0.25) is 0 Å². The molecule has 0 unspecified atom stereocenters. The van der Waals surface area contributed by atoms with Crippen molar-refractivity contribution in [2.75, 3.05) is 12.4 Å². The lowest BCUT2D eigenvalue weighted by atomic mass is 10.2. The average Bonchev–Trinajstić information content (AvgIpc) is 2.40. The summed E-state index contributed by atoms with van der Waals surface area (Å²) in [5.74, 6) is 0.818. The largest absolute Gasteiger partial charge is 0.495 e. The van der Waals surface area contributed by atoms with Crippen molar-refractivity contribution < 1.29 is 4.74 Å². The summed E-state index contributed by atoms with van der Waals surface area (Å²) >= 11 is 12.1. The second-order valence-electron chi connectivity index (χ2n) is 4.29. The Morgan fingerprint density at radius 1 is 1.11 bits per heavy atom. The molecule has 0 aromatic heterocycles. The fourth-order valence-electron chi connectivity index (χ4n) is 1.81. The predicted octanol–water partition coefficient (Wildman–Crippen LogP) is 4.92. The lowest BCUT2D eigenvalue weighted by Crippen LogP contribution is -2.02. The molecule has 0 aliphatic rings. The molecule has 0 atom stereocenters. The molecule has 0 saturated carbocycles. The summed E-state index contributed by atoms with van der Waals surface area (Å²) in [6, 6.07) is 11.4. The number of methoxy groups -OCH3 is 1. The van der Waals surface area contributed by atoms with Crippen LogP contribution in [0.5, 0.6) is 5.75 Å². The van der Waals surface area contributed by atoms with Gasteiger partial charge in [-0.1, -0.05) is 29.3 Å². The van der Waals surface area contributed by atoms with Crippen molar-refractivity contribution in [3.05, 3.63) is 57.6 Å². The maximum atomic E-state index is 6.13. The molecular formula is C15H15Cl2NO. The fraction of sp³-hybridized carbons (Fsp3) is 0.200. The zero-order valence-corrected chi connectivity index (χ0v) is 12.3. The number of anilines is 1. The standard InChI is InChI=1S/C15H15Cl2NO/c1-10-3-6-14(15(7-10)19-2)18-9-11-8-12(16)4-5-13(11)17/h3-8,18H,9H2,1-2H3. The van der Waals surface area contributed by atoms with E-state index in [1.807, 2.05) is 31.2 Å². The summed E-state index contributed by atoms with van der Waals surface area (Å²) in [7, 11) is 1.66. The van der Waals surface area contributed by atoms with Crippen molar-refractivity contribution in [1.82, 2.24) is 0 Å². The number of hydrogen-bond acceptors (Lipinski definition) is 2. The van der Waals surface area contributed by atoms with E-state index in [4.69, 9.17) is 27.9 Å². The molecule has 2 aromatic rings. The Hall–Kier alpha value is -1.38. The molecule has 19 heavy (non-hydrogen) atoms. The third kappa shape index (κ3) is 3.55. The minimum atomic E-state index is 0.596. The molecule has 100 valence electrons. The molecule has 0 fully saturated rings. The van der Waals surface area contributed by atoms with E-state index in [0.717, 1.165) is 22.6 Å². The Labute approximate surface area is 123 Å². The van der Waals surface area contributed by atoms with Crippen LogP contribution in [-0.2, 0) is 6.54 Å². The van der Waals surface area contributed by atoms with Crippen LogP contribution in [0.2, 0.25) is 10.0 Å². The lowest BCUT2D eigenvalue weighted by Gasteiger charge is -2.12. The Bertz CT molecular complexity index is 584. The molecule has 1 N–H and O–H groups in total. The van der Waals surface area contributed by atoms with Crippen LogP contribution in [0.25, 0.3) is 0 Å². The molecule has 0 saturated heterocycles. The number of ether oxygens (including phenoxy) is 1. The van der Waals surface area contributed by atoms with Gasteiger partial charge in [-0.2, -0.15) is 0 Å². The Morgan fingerprint density at radius 2 is 1.89 bits per heavy atom. The number of hydrogen-bond donors (Lipinski definition) is 1. The van der Waals surface area contributed by atoms with Gasteiger partial charge in [-0.3, -0.25) is 0 Å². The van der Waals surface area contributed by atoms with Crippen molar-refractivity contribution in [2.24, 2.45) is 0 Å². The van der Waals surface area contributed by atoms with Crippen LogP contribution < -0.4 is 10.1 Å². The van der Waals surface area contributed by atoms with Gasteiger partial charge in [0.1, 0.15) is 5.75 Å². The van der Waals surface area contributed by atoms with Gasteiger partial charge >= 0.3 is 0 Å². The molecule has 2 nitrogen and oxygen atoms in total. The highest BCUT2D eigenvalue weighted by molar-refractivity contribution is 6.33. The number of halogens is 2. The number of nitrogens with one attached hydrogen (secondary N) is 1. The molecule has 2 aromatic carbocycles. The monoisotopic (exact) mass is 295 g/mol. The fourth-order valence-corrected chi connectivity index (χ4v) is 2.19. The van der Waals surface area contributed by atoms with E-state index in [2.05, 4.69) is 5.32 Å². The van der Waals surface area contributed by atoms with Gasteiger partial charge in [0.05, 0.1) is 12.8 Å². The summed E-state index contributed by atoms with van der Waals surface area (Å²) < 4.78 is 5.35. The van der Waals surface area contributed by atoms with Crippen LogP contribution in [0.1, 0.15) is 11.1 Å². The first-order valence-corrected chi connectivity index (χ1v) is 6.68. The molecule has 0 aliphatic carbocycles. The van der Waals surface area contributed by atoms with Gasteiger partial charge in [0.25, 0.3) is 0 Å². The van der Waals surface area contributed by atoms with E-state index in [0.29, 0.717) is 16.6 Å². The SMILES string of the molecule is COc1cc(C)ccc1NCc1cc(Cl)ccc1Cl. The van der Waals surface area contributed by atoms with Gasteiger partial charge in [-0.25, -0.2) is 0 Å². The summed E-state index contributed by atoms with van der Waals surface area (Å²) in [5.41, 5.74) is 3.05. The van der Waals surface area contributed by atoms with Gasteiger partial charge in [0.15, 0.2) is 0 Å². The number of rotatable bonds is 4. The van der Waals surface area contributed by atoms with E-state index in [1.165, 1.54) is 0 Å². The van der Waals surface area contributed by atoms with Gasteiger partial charge in [-0.05, 0) is 48.4 Å². The third-order valence-electron chi connectivity index (χ3n) is 2.83. The topological polar surface area (TPSA) is 21.3 Å². The van der Waals surface area contributed by atoms with Gasteiger partial charge < -0.3 is 10.1 Å². The molecule has 0 spiro atoms. The van der Waals surface area contributed by atoms with E-state index in [9.17, 15) is 0 Å². The minimum Gasteiger partial charge on any atom is -0.495 e. The van der Waals surface area contributed by atoms with Crippen molar-refractivity contribution in [3.8, 4) is 5.75 Å². The highest BCUT2D eigenvalue weighted by Gasteiger charge is 2.05. The predicted molar refractivity (Wildman–Crippen MR) is 81.5 cm³/mol. The van der Waals surface area contributed by atoms with E-state index in [-0.39, 0.29) is 0 Å². The number of benzene rings is 2. The molecule has 0 amide bonds. The third-order valence-corrected chi connectivity index (χ3v) is 3.44. The van der Waals surface area contributed by atoms with Crippen LogP contribution >= 0.6 is 23.2 Å². The smallest absolute Gasteiger partial charge is 0.142 e. The molecular weight excluding hydrogens is 281 g/mol. The second kappa shape index (κ2) is 6.18. The Morgan fingerprint density at radius 3 is 2.63 bits per heavy atom. The van der Waals surface area contributed by atoms with E-state index in [1.54, 1.807) is 19.2 Å². The molecule has 0 radical (unpaired) electrons. The quantitative estimate of drug-likeness (QED) is 0.864. The Balaban J connectivity index is 2.16. The molecule has 0 bridgehead atoms. The summed E-state index contributed by atoms with van der Waals surface area (Å²) in [4.78, 5) is 0. The van der Waals surface area contributed by atoms with Gasteiger partial charge in [-0.15, -0.1) is 0 Å². The van der Waals surface area contributed by atoms with Crippen LogP contribution in [0.3, 0.4) is 0 Å². The molecule has 2 rings (SSSR count). The van der Waals surface area contributed by atoms with Crippen molar-refractivity contribution in [1.29, 1.82) is 0 Å². The van der Waals surface area contributed by atoms with Crippen molar-refractivity contribution >= 4 is 28.9 Å². The summed E-state index contributed by atoms with van der Waals surface area (Å²) in [5, 5.41) is 4.68. The van der Waals surface area contributed by atoms with E-state index < -0.39 is 0 Å². The lowest BCUT2D eigenvalue weighted by molar-refractivity contribution is 0.416. The molecule has 4 heteroatoms. The Kier molecular flexibility index (Phi) is 4.56. The second-order valence-corrected chi connectivity index (χ2v) is 5.14.